The van der Waals surface area contributed by atoms with E-state index in [-0.39, 0.29) is 0 Å². The molecule has 1 aromatic heterocycles. The first-order valence-electron chi connectivity index (χ1n) is 7.88. The Morgan fingerprint density at radius 3 is 2.67 bits per heavy atom. The molecule has 1 aliphatic rings. The molecule has 3 rings (SSSR count). The maximum absolute atomic E-state index is 6.37. The van der Waals surface area contributed by atoms with Gasteiger partial charge in [0.1, 0.15) is 5.15 Å². The normalized spacial score (nSPS) is 22.9. The molecule has 21 heavy (non-hydrogen) atoms. The smallest absolute Gasteiger partial charge is 0.134 e. The second-order valence-electron chi connectivity index (χ2n) is 6.46. The molecule has 0 aliphatic heterocycles. The van der Waals surface area contributed by atoms with Gasteiger partial charge in [-0.05, 0) is 50.8 Å². The zero-order valence-corrected chi connectivity index (χ0v) is 13.6. The fourth-order valence-electron chi connectivity index (χ4n) is 3.33. The molecule has 112 valence electrons. The van der Waals surface area contributed by atoms with Crippen molar-refractivity contribution in [2.45, 2.75) is 45.2 Å². The number of aromatic nitrogens is 1. The van der Waals surface area contributed by atoms with Gasteiger partial charge in [-0.1, -0.05) is 36.7 Å². The summed E-state index contributed by atoms with van der Waals surface area (Å²) in [6, 6.07) is 11.0. The highest BCUT2D eigenvalue weighted by atomic mass is 35.5. The number of nitrogens with zero attached hydrogens (tertiary/aromatic N) is 2. The van der Waals surface area contributed by atoms with Crippen molar-refractivity contribution < 1.29 is 0 Å². The quantitative estimate of drug-likeness (QED) is 0.750. The van der Waals surface area contributed by atoms with E-state index in [0.29, 0.717) is 11.2 Å². The molecule has 1 aliphatic carbocycles. The van der Waals surface area contributed by atoms with Gasteiger partial charge in [0.05, 0.1) is 5.52 Å². The van der Waals surface area contributed by atoms with Crippen LogP contribution in [-0.2, 0) is 6.54 Å². The minimum Gasteiger partial charge on any atom is -0.299 e. The molecule has 2 aromatic rings. The Morgan fingerprint density at radius 1 is 1.19 bits per heavy atom. The lowest BCUT2D eigenvalue weighted by atomic mass is 9.86. The molecular weight excluding hydrogens is 280 g/mol. The van der Waals surface area contributed by atoms with Gasteiger partial charge >= 0.3 is 0 Å². The number of rotatable bonds is 3. The lowest BCUT2D eigenvalue weighted by Gasteiger charge is -2.33. The van der Waals surface area contributed by atoms with Gasteiger partial charge in [0, 0.05) is 23.5 Å². The van der Waals surface area contributed by atoms with Crippen LogP contribution in [0.15, 0.2) is 30.3 Å². The van der Waals surface area contributed by atoms with E-state index in [4.69, 9.17) is 11.6 Å². The summed E-state index contributed by atoms with van der Waals surface area (Å²) in [7, 11) is 2.21. The molecule has 3 heteroatoms. The van der Waals surface area contributed by atoms with E-state index in [2.05, 4.69) is 36.0 Å². The fraction of sp³-hybridized carbons (Fsp3) is 0.500. The minimum atomic E-state index is 0.643. The van der Waals surface area contributed by atoms with Crippen molar-refractivity contribution in [3.63, 3.8) is 0 Å². The van der Waals surface area contributed by atoms with Crippen LogP contribution in [0.25, 0.3) is 10.9 Å². The molecule has 1 aromatic carbocycles. The third-order valence-electron chi connectivity index (χ3n) is 4.78. The molecule has 0 saturated heterocycles. The number of hydrogen-bond donors (Lipinski definition) is 0. The molecule has 0 unspecified atom stereocenters. The van der Waals surface area contributed by atoms with Crippen molar-refractivity contribution in [2.75, 3.05) is 7.05 Å². The lowest BCUT2D eigenvalue weighted by molar-refractivity contribution is 0.164. The van der Waals surface area contributed by atoms with Crippen LogP contribution in [0, 0.1) is 5.92 Å². The highest BCUT2D eigenvalue weighted by molar-refractivity contribution is 6.30. The Hall–Kier alpha value is -1.12. The largest absolute Gasteiger partial charge is 0.299 e. The Labute approximate surface area is 132 Å². The summed E-state index contributed by atoms with van der Waals surface area (Å²) in [6.45, 7) is 3.25. The summed E-state index contributed by atoms with van der Waals surface area (Å²) in [4.78, 5) is 6.97. The van der Waals surface area contributed by atoms with E-state index in [1.54, 1.807) is 0 Å². The second-order valence-corrected chi connectivity index (χ2v) is 6.82. The molecular formula is C18H23ClN2. The molecule has 2 nitrogen and oxygen atoms in total. The zero-order valence-electron chi connectivity index (χ0n) is 12.8. The van der Waals surface area contributed by atoms with Gasteiger partial charge in [0.2, 0.25) is 0 Å². The van der Waals surface area contributed by atoms with Crippen molar-refractivity contribution >= 4 is 22.5 Å². The summed E-state index contributed by atoms with van der Waals surface area (Å²) in [5, 5.41) is 1.81. The van der Waals surface area contributed by atoms with E-state index in [1.165, 1.54) is 31.1 Å². The van der Waals surface area contributed by atoms with Gasteiger partial charge in [-0.25, -0.2) is 4.98 Å². The Kier molecular flexibility index (Phi) is 4.46. The lowest BCUT2D eigenvalue weighted by Crippen LogP contribution is -2.34. The minimum absolute atomic E-state index is 0.643. The van der Waals surface area contributed by atoms with Gasteiger partial charge < -0.3 is 0 Å². The van der Waals surface area contributed by atoms with Gasteiger partial charge in [0.15, 0.2) is 0 Å². The van der Waals surface area contributed by atoms with Crippen molar-refractivity contribution in [2.24, 2.45) is 5.92 Å². The number of benzene rings is 1. The molecule has 1 fully saturated rings. The maximum atomic E-state index is 6.37. The van der Waals surface area contributed by atoms with Crippen LogP contribution in [0.2, 0.25) is 5.15 Å². The molecule has 1 saturated carbocycles. The molecule has 0 N–H and O–H groups in total. The summed E-state index contributed by atoms with van der Waals surface area (Å²) in [6.07, 6.45) is 5.30. The summed E-state index contributed by atoms with van der Waals surface area (Å²) >= 11 is 6.37. The van der Waals surface area contributed by atoms with E-state index in [0.717, 1.165) is 23.5 Å². The van der Waals surface area contributed by atoms with Crippen molar-refractivity contribution in [1.29, 1.82) is 0 Å². The third-order valence-corrected chi connectivity index (χ3v) is 5.11. The predicted molar refractivity (Wildman–Crippen MR) is 89.6 cm³/mol. The van der Waals surface area contributed by atoms with Crippen LogP contribution >= 0.6 is 11.6 Å². The molecule has 0 atom stereocenters. The highest BCUT2D eigenvalue weighted by Crippen LogP contribution is 2.28. The number of para-hydroxylation sites is 1. The second kappa shape index (κ2) is 6.33. The standard InChI is InChI=1S/C18H23ClN2/c1-13-7-9-16(10-8-13)21(2)12-15-11-14-5-3-4-6-17(14)20-18(15)19/h3-6,11,13,16H,7-10,12H2,1-2H3. The molecule has 0 amide bonds. The SMILES string of the molecule is CC1CCC(N(C)Cc2cc3ccccc3nc2Cl)CC1. The monoisotopic (exact) mass is 302 g/mol. The first-order chi connectivity index (χ1) is 10.1. The number of fused-ring (bicyclic) bond motifs is 1. The summed E-state index contributed by atoms with van der Waals surface area (Å²) in [5.41, 5.74) is 2.11. The van der Waals surface area contributed by atoms with E-state index in [9.17, 15) is 0 Å². The van der Waals surface area contributed by atoms with Crippen molar-refractivity contribution in [1.82, 2.24) is 9.88 Å². The van der Waals surface area contributed by atoms with Crippen LogP contribution in [-0.4, -0.2) is 23.0 Å². The fourth-order valence-corrected chi connectivity index (χ4v) is 3.53. The van der Waals surface area contributed by atoms with Crippen molar-refractivity contribution in [3.8, 4) is 0 Å². The van der Waals surface area contributed by atoms with Gasteiger partial charge in [-0.3, -0.25) is 4.90 Å². The van der Waals surface area contributed by atoms with E-state index >= 15 is 0 Å². The Bertz CT molecular complexity index is 618. The van der Waals surface area contributed by atoms with Crippen LogP contribution in [0.5, 0.6) is 0 Å². The molecule has 0 bridgehead atoms. The van der Waals surface area contributed by atoms with Crippen LogP contribution in [0.3, 0.4) is 0 Å². The van der Waals surface area contributed by atoms with Crippen LogP contribution in [0.4, 0.5) is 0 Å². The van der Waals surface area contributed by atoms with Crippen LogP contribution in [0.1, 0.15) is 38.2 Å². The summed E-state index contributed by atoms with van der Waals surface area (Å²) in [5.74, 6) is 0.889. The zero-order chi connectivity index (χ0) is 14.8. The van der Waals surface area contributed by atoms with Gasteiger partial charge in [-0.15, -0.1) is 0 Å². The van der Waals surface area contributed by atoms with Crippen LogP contribution < -0.4 is 0 Å². The average molecular weight is 303 g/mol. The third kappa shape index (κ3) is 3.38. The molecule has 0 spiro atoms. The molecule has 1 heterocycles. The molecule has 0 radical (unpaired) electrons. The summed E-state index contributed by atoms with van der Waals surface area (Å²) < 4.78 is 0. The topological polar surface area (TPSA) is 16.1 Å². The maximum Gasteiger partial charge on any atom is 0.134 e. The van der Waals surface area contributed by atoms with Gasteiger partial charge in [0.25, 0.3) is 0 Å². The van der Waals surface area contributed by atoms with Crippen molar-refractivity contribution in [3.05, 3.63) is 41.0 Å². The van der Waals surface area contributed by atoms with E-state index in [1.807, 2.05) is 18.2 Å². The van der Waals surface area contributed by atoms with Gasteiger partial charge in [-0.2, -0.15) is 0 Å². The Morgan fingerprint density at radius 2 is 1.90 bits per heavy atom. The average Bonchev–Trinajstić information content (AvgIpc) is 2.48. The predicted octanol–water partition coefficient (Wildman–Crippen LogP) is 4.90. The number of halogens is 1. The highest BCUT2D eigenvalue weighted by Gasteiger charge is 2.22. The first kappa shape index (κ1) is 14.8. The number of hydrogen-bond acceptors (Lipinski definition) is 2. The number of pyridine rings is 1. The first-order valence-corrected chi connectivity index (χ1v) is 8.25. The van der Waals surface area contributed by atoms with E-state index < -0.39 is 0 Å². The Balaban J connectivity index is 1.76.